The maximum Gasteiger partial charge on any atom is 0.340 e. The summed E-state index contributed by atoms with van der Waals surface area (Å²) in [6.45, 7) is 3.65. The average Bonchev–Trinajstić information content (AvgIpc) is 3.48. The second-order valence-electron chi connectivity index (χ2n) is 7.84. The second kappa shape index (κ2) is 8.68. The number of H-pyrrole nitrogens is 1. The molecule has 3 heterocycles. The first-order valence-electron chi connectivity index (χ1n) is 10.7. The van der Waals surface area contributed by atoms with E-state index in [0.29, 0.717) is 30.0 Å². The number of aromatic nitrogens is 7. The van der Waals surface area contributed by atoms with Crippen LogP contribution in [0.2, 0.25) is 5.15 Å². The van der Waals surface area contributed by atoms with Gasteiger partial charge in [0.05, 0.1) is 11.4 Å². The summed E-state index contributed by atoms with van der Waals surface area (Å²) in [6.07, 6.45) is 1.27. The molecule has 0 unspecified atom stereocenters. The second-order valence-corrected chi connectivity index (χ2v) is 8.20. The Hall–Kier alpha value is -4.11. The summed E-state index contributed by atoms with van der Waals surface area (Å²) in [5.74, 6) is -0.582. The van der Waals surface area contributed by atoms with Gasteiger partial charge in [-0.05, 0) is 35.2 Å². The van der Waals surface area contributed by atoms with Crippen molar-refractivity contribution >= 4 is 23.2 Å². The molecule has 2 N–H and O–H groups in total. The first-order valence-corrected chi connectivity index (χ1v) is 11.1. The fourth-order valence-electron chi connectivity index (χ4n) is 4.13. The average molecular weight is 474 g/mol. The summed E-state index contributed by atoms with van der Waals surface area (Å²) >= 11 is 6.40. The van der Waals surface area contributed by atoms with Gasteiger partial charge < -0.3 is 5.11 Å². The number of hydrogen-bond acceptors (Lipinski definition) is 6. The molecule has 0 aliphatic heterocycles. The van der Waals surface area contributed by atoms with Gasteiger partial charge in [0.25, 0.3) is 0 Å². The Morgan fingerprint density at radius 1 is 1.12 bits per heavy atom. The molecule has 0 bridgehead atoms. The first kappa shape index (κ1) is 21.7. The number of fused-ring (bicyclic) bond motifs is 1. The van der Waals surface area contributed by atoms with Crippen molar-refractivity contribution in [2.24, 2.45) is 0 Å². The Morgan fingerprint density at radius 3 is 2.50 bits per heavy atom. The van der Waals surface area contributed by atoms with E-state index in [0.717, 1.165) is 33.5 Å². The van der Waals surface area contributed by atoms with E-state index in [1.807, 2.05) is 31.2 Å². The lowest BCUT2D eigenvalue weighted by Crippen LogP contribution is -2.08. The molecule has 0 aliphatic carbocycles. The predicted octanol–water partition coefficient (Wildman–Crippen LogP) is 4.39. The molecule has 2 aromatic carbocycles. The number of nitrogens with one attached hydrogen (secondary N) is 1. The van der Waals surface area contributed by atoms with Gasteiger partial charge in [-0.3, -0.25) is 0 Å². The van der Waals surface area contributed by atoms with Gasteiger partial charge in [-0.25, -0.2) is 14.3 Å². The zero-order chi connectivity index (χ0) is 23.8. The Kier molecular flexibility index (Phi) is 5.54. The molecule has 10 heteroatoms. The number of carboxylic acids is 1. The predicted molar refractivity (Wildman–Crippen MR) is 127 cm³/mol. The van der Waals surface area contributed by atoms with Crippen LogP contribution in [0, 0.1) is 6.92 Å². The number of carbonyl (C=O) groups is 1. The minimum atomic E-state index is -1.12. The maximum atomic E-state index is 11.6. The summed E-state index contributed by atoms with van der Waals surface area (Å²) in [4.78, 5) is 16.1. The van der Waals surface area contributed by atoms with Crippen molar-refractivity contribution in [2.75, 3.05) is 0 Å². The van der Waals surface area contributed by atoms with Crippen LogP contribution < -0.4 is 0 Å². The Morgan fingerprint density at radius 2 is 1.85 bits per heavy atom. The summed E-state index contributed by atoms with van der Waals surface area (Å²) in [6, 6.07) is 16.1. The van der Waals surface area contributed by atoms with Gasteiger partial charge >= 0.3 is 5.97 Å². The van der Waals surface area contributed by atoms with Gasteiger partial charge in [0, 0.05) is 17.5 Å². The molecule has 3 aromatic heterocycles. The largest absolute Gasteiger partial charge is 0.478 e. The van der Waals surface area contributed by atoms with Gasteiger partial charge in [0.15, 0.2) is 5.65 Å². The number of aryl methyl sites for hydroxylation is 2. The van der Waals surface area contributed by atoms with Crippen molar-refractivity contribution in [2.45, 2.75) is 26.7 Å². The topological polar surface area (TPSA) is 122 Å². The van der Waals surface area contributed by atoms with E-state index in [9.17, 15) is 9.90 Å². The van der Waals surface area contributed by atoms with Crippen LogP contribution in [0.3, 0.4) is 0 Å². The molecule has 0 fully saturated rings. The van der Waals surface area contributed by atoms with Crippen molar-refractivity contribution in [3.8, 4) is 22.5 Å². The molecule has 0 saturated heterocycles. The Bertz CT molecular complexity index is 1510. The van der Waals surface area contributed by atoms with Gasteiger partial charge in [0.1, 0.15) is 10.7 Å². The third kappa shape index (κ3) is 3.69. The van der Waals surface area contributed by atoms with E-state index >= 15 is 0 Å². The van der Waals surface area contributed by atoms with Crippen LogP contribution in [-0.2, 0) is 12.8 Å². The fraction of sp³-hybridized carbons (Fsp3) is 0.167. The van der Waals surface area contributed by atoms with E-state index in [1.165, 1.54) is 4.52 Å². The summed E-state index contributed by atoms with van der Waals surface area (Å²) < 4.78 is 1.43. The highest BCUT2D eigenvalue weighted by Gasteiger charge is 2.22. The molecule has 0 atom stereocenters. The third-order valence-corrected chi connectivity index (χ3v) is 6.12. The number of benzene rings is 2. The number of tetrazole rings is 1. The standard InChI is InChI=1S/C24H20ClN7O2/c1-3-19-18(23-26-13(2)20(24(33)34)21(25)32(23)29-19)12-14-8-10-15(11-9-14)16-6-4-5-7-17(16)22-27-30-31-28-22/h4-11H,3,12H2,1-2H3,(H,33,34)(H,27,28,30,31). The van der Waals surface area contributed by atoms with Crippen LogP contribution in [0.5, 0.6) is 0 Å². The first-order chi connectivity index (χ1) is 16.5. The van der Waals surface area contributed by atoms with Gasteiger partial charge in [-0.2, -0.15) is 10.3 Å². The molecule has 0 spiro atoms. The zero-order valence-corrected chi connectivity index (χ0v) is 19.2. The quantitative estimate of drug-likeness (QED) is 0.350. The van der Waals surface area contributed by atoms with Crippen LogP contribution in [0.1, 0.15) is 39.8 Å². The highest BCUT2D eigenvalue weighted by molar-refractivity contribution is 6.32. The lowest BCUT2D eigenvalue weighted by molar-refractivity contribution is 0.0695. The van der Waals surface area contributed by atoms with Gasteiger partial charge in [0.2, 0.25) is 5.82 Å². The van der Waals surface area contributed by atoms with Crippen molar-refractivity contribution in [1.29, 1.82) is 0 Å². The summed E-state index contributed by atoms with van der Waals surface area (Å²) in [7, 11) is 0. The van der Waals surface area contributed by atoms with E-state index in [2.05, 4.69) is 55.0 Å². The van der Waals surface area contributed by atoms with Crippen LogP contribution in [0.15, 0.2) is 48.5 Å². The van der Waals surface area contributed by atoms with E-state index in [-0.39, 0.29) is 10.7 Å². The Labute approximate surface area is 199 Å². The number of halogens is 1. The highest BCUT2D eigenvalue weighted by Crippen LogP contribution is 2.31. The molecule has 0 saturated carbocycles. The van der Waals surface area contributed by atoms with E-state index < -0.39 is 5.97 Å². The lowest BCUT2D eigenvalue weighted by Gasteiger charge is -2.09. The molecule has 0 amide bonds. The Balaban J connectivity index is 1.52. The summed E-state index contributed by atoms with van der Waals surface area (Å²) in [5.41, 5.74) is 6.68. The van der Waals surface area contributed by atoms with Crippen molar-refractivity contribution in [1.82, 2.24) is 35.2 Å². The smallest absolute Gasteiger partial charge is 0.340 e. The summed E-state index contributed by atoms with van der Waals surface area (Å²) in [5, 5.41) is 28.5. The lowest BCUT2D eigenvalue weighted by atomic mass is 9.96. The molecule has 5 aromatic rings. The zero-order valence-electron chi connectivity index (χ0n) is 18.4. The number of hydrogen-bond donors (Lipinski definition) is 2. The molecule has 5 rings (SSSR count). The van der Waals surface area contributed by atoms with Gasteiger partial charge in [-0.1, -0.05) is 67.1 Å². The highest BCUT2D eigenvalue weighted by atomic mass is 35.5. The van der Waals surface area contributed by atoms with Crippen LogP contribution in [0.4, 0.5) is 0 Å². The SMILES string of the molecule is CCc1nn2c(Cl)c(C(=O)O)c(C)nc2c1Cc1ccc(-c2ccccc2-c2nn[nH]n2)cc1. The van der Waals surface area contributed by atoms with Gasteiger partial charge in [-0.15, -0.1) is 10.2 Å². The van der Waals surface area contributed by atoms with Crippen molar-refractivity contribution < 1.29 is 9.90 Å². The number of aromatic amines is 1. The molecule has 9 nitrogen and oxygen atoms in total. The fourth-order valence-corrected chi connectivity index (χ4v) is 4.46. The van der Waals surface area contributed by atoms with Crippen molar-refractivity contribution in [3.05, 3.63) is 81.8 Å². The van der Waals surface area contributed by atoms with Crippen molar-refractivity contribution in [3.63, 3.8) is 0 Å². The monoisotopic (exact) mass is 473 g/mol. The third-order valence-electron chi connectivity index (χ3n) is 5.78. The maximum absolute atomic E-state index is 11.6. The van der Waals surface area contributed by atoms with Crippen LogP contribution in [0.25, 0.3) is 28.2 Å². The van der Waals surface area contributed by atoms with Crippen LogP contribution >= 0.6 is 11.6 Å². The molecule has 34 heavy (non-hydrogen) atoms. The molecule has 0 aliphatic rings. The molecular formula is C24H20ClN7O2. The molecular weight excluding hydrogens is 454 g/mol. The number of aromatic carboxylic acids is 1. The van der Waals surface area contributed by atoms with E-state index in [1.54, 1.807) is 6.92 Å². The molecule has 0 radical (unpaired) electrons. The van der Waals surface area contributed by atoms with Crippen LogP contribution in [-0.4, -0.2) is 46.3 Å². The number of nitrogens with zero attached hydrogens (tertiary/aromatic N) is 6. The minimum absolute atomic E-state index is 0.0320. The molecule has 170 valence electrons. The number of rotatable bonds is 6. The number of carboxylic acid groups (broad SMARTS) is 1. The van der Waals surface area contributed by atoms with E-state index in [4.69, 9.17) is 11.6 Å². The minimum Gasteiger partial charge on any atom is -0.478 e. The normalized spacial score (nSPS) is 11.3.